The van der Waals surface area contributed by atoms with E-state index < -0.39 is 0 Å². The summed E-state index contributed by atoms with van der Waals surface area (Å²) in [5.74, 6) is 0.620. The van der Waals surface area contributed by atoms with Crippen LogP contribution in [0.3, 0.4) is 0 Å². The average molecular weight is 604 g/mol. The molecule has 0 aliphatic heterocycles. The first-order valence-corrected chi connectivity index (χ1v) is 15.8. The number of hydrogen-bond donors (Lipinski definition) is 0. The van der Waals surface area contributed by atoms with Crippen LogP contribution in [0.1, 0.15) is 0 Å². The molecule has 0 aliphatic carbocycles. The van der Waals surface area contributed by atoms with Crippen LogP contribution in [0, 0.1) is 0 Å². The fourth-order valence-electron chi connectivity index (χ4n) is 6.58. The number of hydrogen-bond acceptors (Lipinski definition) is 3. The van der Waals surface area contributed by atoms with E-state index in [1.807, 2.05) is 24.3 Å². The van der Waals surface area contributed by atoms with Crippen molar-refractivity contribution >= 4 is 50.0 Å². The molecule has 0 N–H and O–H groups in total. The summed E-state index contributed by atoms with van der Waals surface area (Å²) in [5, 5.41) is 2.42. The van der Waals surface area contributed by atoms with Crippen molar-refractivity contribution in [3.05, 3.63) is 176 Å². The van der Waals surface area contributed by atoms with Crippen LogP contribution in [0.2, 0.25) is 0 Å². The van der Waals surface area contributed by atoms with E-state index >= 15 is 0 Å². The van der Waals surface area contributed by atoms with Gasteiger partial charge in [0, 0.05) is 39.1 Å². The van der Waals surface area contributed by atoms with Crippen molar-refractivity contribution in [1.29, 1.82) is 0 Å². The molecular weight excluding hydrogens is 574 g/mol. The lowest BCUT2D eigenvalue weighted by Gasteiger charge is -2.25. The van der Waals surface area contributed by atoms with Crippen LogP contribution in [-0.2, 0) is 0 Å². The Kier molecular flexibility index (Phi) is 6.43. The zero-order valence-corrected chi connectivity index (χ0v) is 25.5. The lowest BCUT2D eigenvalue weighted by atomic mass is 10.1. The Bertz CT molecular complexity index is 2460. The first kappa shape index (κ1) is 27.0. The predicted molar refractivity (Wildman–Crippen MR) is 194 cm³/mol. The smallest absolute Gasteiger partial charge is 0.227 e. The highest BCUT2D eigenvalue weighted by molar-refractivity contribution is 6.10. The minimum absolute atomic E-state index is 0.620. The van der Waals surface area contributed by atoms with Crippen molar-refractivity contribution in [1.82, 2.24) is 9.55 Å². The Morgan fingerprint density at radius 3 is 1.83 bits per heavy atom. The highest BCUT2D eigenvalue weighted by Gasteiger charge is 2.18. The second kappa shape index (κ2) is 11.2. The van der Waals surface area contributed by atoms with E-state index in [1.165, 1.54) is 32.9 Å². The van der Waals surface area contributed by atoms with Gasteiger partial charge in [-0.2, -0.15) is 0 Å². The summed E-state index contributed by atoms with van der Waals surface area (Å²) in [6.45, 7) is 0. The fraction of sp³-hybridized carbons (Fsp3) is 0. The number of aromatic nitrogens is 2. The molecule has 0 spiro atoms. The van der Waals surface area contributed by atoms with E-state index in [0.717, 1.165) is 39.4 Å². The molecule has 222 valence electrons. The number of rotatable bonds is 6. The molecule has 0 radical (unpaired) electrons. The van der Waals surface area contributed by atoms with Crippen LogP contribution >= 0.6 is 0 Å². The van der Waals surface area contributed by atoms with Crippen LogP contribution in [0.5, 0.6) is 0 Å². The van der Waals surface area contributed by atoms with Gasteiger partial charge >= 0.3 is 0 Å². The number of fused-ring (bicyclic) bond motifs is 4. The van der Waals surface area contributed by atoms with Crippen LogP contribution in [0.15, 0.2) is 180 Å². The van der Waals surface area contributed by atoms with Gasteiger partial charge in [-0.15, -0.1) is 0 Å². The molecule has 47 heavy (non-hydrogen) atoms. The van der Waals surface area contributed by atoms with Crippen molar-refractivity contribution < 1.29 is 4.42 Å². The van der Waals surface area contributed by atoms with Crippen molar-refractivity contribution in [2.24, 2.45) is 0 Å². The molecule has 0 saturated heterocycles. The summed E-state index contributed by atoms with van der Waals surface area (Å²) in [5.41, 5.74) is 11.7. The van der Waals surface area contributed by atoms with Crippen LogP contribution in [0.4, 0.5) is 17.1 Å². The van der Waals surface area contributed by atoms with Crippen molar-refractivity contribution in [3.8, 4) is 28.3 Å². The van der Waals surface area contributed by atoms with Crippen molar-refractivity contribution in [3.63, 3.8) is 0 Å². The molecule has 0 saturated carbocycles. The molecule has 0 fully saturated rings. The van der Waals surface area contributed by atoms with Gasteiger partial charge < -0.3 is 13.9 Å². The van der Waals surface area contributed by atoms with Crippen LogP contribution < -0.4 is 4.90 Å². The van der Waals surface area contributed by atoms with Gasteiger partial charge in [-0.25, -0.2) is 4.98 Å². The minimum Gasteiger partial charge on any atom is -0.436 e. The molecule has 9 rings (SSSR count). The Balaban J connectivity index is 1.15. The molecule has 2 heterocycles. The third-order valence-corrected chi connectivity index (χ3v) is 8.83. The summed E-state index contributed by atoms with van der Waals surface area (Å²) < 4.78 is 8.42. The highest BCUT2D eigenvalue weighted by Crippen LogP contribution is 2.40. The normalized spacial score (nSPS) is 11.4. The molecule has 0 unspecified atom stereocenters. The van der Waals surface area contributed by atoms with Gasteiger partial charge in [0.1, 0.15) is 5.52 Å². The summed E-state index contributed by atoms with van der Waals surface area (Å²) in [4.78, 5) is 7.00. The summed E-state index contributed by atoms with van der Waals surface area (Å²) in [6, 6.07) is 61.7. The molecule has 4 nitrogen and oxygen atoms in total. The molecule has 7 aromatic carbocycles. The van der Waals surface area contributed by atoms with Crippen molar-refractivity contribution in [2.45, 2.75) is 0 Å². The van der Waals surface area contributed by atoms with Crippen molar-refractivity contribution in [2.75, 3.05) is 4.90 Å². The Labute approximate surface area is 272 Å². The third-order valence-electron chi connectivity index (χ3n) is 8.83. The lowest BCUT2D eigenvalue weighted by Crippen LogP contribution is -2.09. The van der Waals surface area contributed by atoms with Gasteiger partial charge in [-0.05, 0) is 96.1 Å². The summed E-state index contributed by atoms with van der Waals surface area (Å²) in [7, 11) is 0. The summed E-state index contributed by atoms with van der Waals surface area (Å²) in [6.07, 6.45) is 0. The van der Waals surface area contributed by atoms with Gasteiger partial charge in [0.15, 0.2) is 5.58 Å². The number of oxazole rings is 1. The average Bonchev–Trinajstić information content (AvgIpc) is 3.73. The molecule has 0 aliphatic rings. The highest BCUT2D eigenvalue weighted by atomic mass is 16.3. The van der Waals surface area contributed by atoms with E-state index in [1.54, 1.807) is 0 Å². The van der Waals surface area contributed by atoms with E-state index in [2.05, 4.69) is 161 Å². The topological polar surface area (TPSA) is 34.2 Å². The van der Waals surface area contributed by atoms with E-state index in [0.29, 0.717) is 5.89 Å². The molecule has 2 aromatic heterocycles. The first-order chi connectivity index (χ1) is 23.3. The Morgan fingerprint density at radius 1 is 0.447 bits per heavy atom. The zero-order chi connectivity index (χ0) is 31.2. The SMILES string of the molecule is c1ccc(-c2ccc(-n3c4ccccc4c4cc(N(c5ccccc5)c5ccc(-c6nc7ccccc7o6)cc5)ccc43)cc2)cc1. The lowest BCUT2D eigenvalue weighted by molar-refractivity contribution is 0.620. The second-order valence-electron chi connectivity index (χ2n) is 11.7. The van der Waals surface area contributed by atoms with Gasteiger partial charge in [0.2, 0.25) is 5.89 Å². The first-order valence-electron chi connectivity index (χ1n) is 15.8. The molecule has 9 aromatic rings. The third kappa shape index (κ3) is 4.75. The number of anilines is 3. The van der Waals surface area contributed by atoms with Gasteiger partial charge in [-0.3, -0.25) is 0 Å². The predicted octanol–water partition coefficient (Wildman–Crippen LogP) is 11.7. The van der Waals surface area contributed by atoms with E-state index in [9.17, 15) is 0 Å². The van der Waals surface area contributed by atoms with E-state index in [-0.39, 0.29) is 0 Å². The number of para-hydroxylation sites is 4. The molecule has 0 amide bonds. The zero-order valence-electron chi connectivity index (χ0n) is 25.5. The molecule has 0 atom stereocenters. The fourth-order valence-corrected chi connectivity index (χ4v) is 6.58. The van der Waals surface area contributed by atoms with Crippen LogP contribution in [0.25, 0.3) is 61.2 Å². The second-order valence-corrected chi connectivity index (χ2v) is 11.7. The molecule has 0 bridgehead atoms. The maximum atomic E-state index is 6.05. The summed E-state index contributed by atoms with van der Waals surface area (Å²) >= 11 is 0. The quantitative estimate of drug-likeness (QED) is 0.190. The van der Waals surface area contributed by atoms with Gasteiger partial charge in [-0.1, -0.05) is 91.0 Å². The minimum atomic E-state index is 0.620. The molecule has 4 heteroatoms. The number of benzene rings is 7. The Morgan fingerprint density at radius 2 is 1.04 bits per heavy atom. The maximum absolute atomic E-state index is 6.05. The van der Waals surface area contributed by atoms with E-state index in [4.69, 9.17) is 9.40 Å². The van der Waals surface area contributed by atoms with Gasteiger partial charge in [0.25, 0.3) is 0 Å². The number of nitrogens with zero attached hydrogens (tertiary/aromatic N) is 3. The molecular formula is C43H29N3O. The monoisotopic (exact) mass is 603 g/mol. The Hall–Kier alpha value is -6.39. The van der Waals surface area contributed by atoms with Gasteiger partial charge in [0.05, 0.1) is 11.0 Å². The standard InChI is InChI=1S/C43H29N3O/c1-3-11-30(12-4-1)31-19-23-35(24-20-31)46-40-17-9-7-15-37(40)38-29-36(27-28-41(38)46)45(33-13-5-2-6-14-33)34-25-21-32(22-26-34)43-44-39-16-8-10-18-42(39)47-43/h1-29H. The largest absolute Gasteiger partial charge is 0.436 e. The maximum Gasteiger partial charge on any atom is 0.227 e. The van der Waals surface area contributed by atoms with Crippen LogP contribution in [-0.4, -0.2) is 9.55 Å².